The van der Waals surface area contributed by atoms with Crippen LogP contribution in [-0.2, 0) is 46.5 Å². The number of hydrogen-bond donors (Lipinski definition) is 6. The zero-order valence-corrected chi connectivity index (χ0v) is 35.0. The molecule has 59 heavy (non-hydrogen) atoms. The molecule has 1 aliphatic heterocycles. The predicted octanol–water partition coefficient (Wildman–Crippen LogP) is 3.81. The Labute approximate surface area is 350 Å². The zero-order valence-electron chi connectivity index (χ0n) is 33.4. The summed E-state index contributed by atoms with van der Waals surface area (Å²) in [4.78, 5) is 63.4. The molecule has 1 saturated heterocycles. The first-order chi connectivity index (χ1) is 27.9. The van der Waals surface area contributed by atoms with Crippen molar-refractivity contribution >= 4 is 50.9 Å². The summed E-state index contributed by atoms with van der Waals surface area (Å²) >= 11 is 3.03. The molecule has 13 nitrogen and oxygen atoms in total. The minimum Gasteiger partial charge on any atom is -0.392 e. The Morgan fingerprint density at radius 1 is 0.983 bits per heavy atom. The Bertz CT molecular complexity index is 2110. The van der Waals surface area contributed by atoms with E-state index in [1.165, 1.54) is 26.0 Å². The van der Waals surface area contributed by atoms with Crippen LogP contribution in [0.3, 0.4) is 0 Å². The van der Waals surface area contributed by atoms with E-state index in [0.29, 0.717) is 48.1 Å². The molecule has 15 heteroatoms. The fourth-order valence-corrected chi connectivity index (χ4v) is 10.9. The number of alkyl halides is 2. The molecule has 3 amide bonds. The van der Waals surface area contributed by atoms with Crippen molar-refractivity contribution in [2.75, 3.05) is 17.3 Å². The molecule has 5 aliphatic rings. The fourth-order valence-electron chi connectivity index (χ4n) is 10.7. The van der Waals surface area contributed by atoms with Gasteiger partial charge < -0.3 is 40.7 Å². The molecule has 6 N–H and O–H groups in total. The molecule has 0 unspecified atom stereocenters. The minimum atomic E-state index is -2.09. The maximum absolute atomic E-state index is 17.7. The van der Waals surface area contributed by atoms with Gasteiger partial charge in [0, 0.05) is 33.6 Å². The Balaban J connectivity index is 1.05. The van der Waals surface area contributed by atoms with Crippen LogP contribution in [0.1, 0.15) is 81.9 Å². The number of amides is 3. The Kier molecular flexibility index (Phi) is 11.7. The third-order valence-electron chi connectivity index (χ3n) is 13.8. The van der Waals surface area contributed by atoms with Crippen LogP contribution in [0.15, 0.2) is 66.3 Å². The molecular formula is C44H51BrFN3O10. The number of Topliss-reactive ketones (excluding diaryl/α,β-unsaturated/α-hetero) is 1. The number of halogens is 2. The first-order valence-corrected chi connectivity index (χ1v) is 21.1. The topological polar surface area (TPSA) is 201 Å². The van der Waals surface area contributed by atoms with Crippen LogP contribution in [0.2, 0.25) is 0 Å². The van der Waals surface area contributed by atoms with Crippen molar-refractivity contribution in [2.45, 2.75) is 108 Å². The van der Waals surface area contributed by atoms with Gasteiger partial charge in [-0.25, -0.2) is 4.39 Å². The summed E-state index contributed by atoms with van der Waals surface area (Å²) in [7, 11) is 0. The summed E-state index contributed by atoms with van der Waals surface area (Å²) < 4.78 is 30.9. The summed E-state index contributed by atoms with van der Waals surface area (Å²) in [5, 5.41) is 40.0. The molecule has 3 saturated carbocycles. The van der Waals surface area contributed by atoms with Crippen LogP contribution < -0.4 is 16.0 Å². The predicted molar refractivity (Wildman–Crippen MR) is 217 cm³/mol. The van der Waals surface area contributed by atoms with E-state index in [-0.39, 0.29) is 30.0 Å². The maximum Gasteiger partial charge on any atom is 0.246 e. The molecular weight excluding hydrogens is 829 g/mol. The lowest BCUT2D eigenvalue weighted by Gasteiger charge is -2.62. The highest BCUT2D eigenvalue weighted by Gasteiger charge is 2.79. The number of hydrogen-bond acceptors (Lipinski definition) is 10. The van der Waals surface area contributed by atoms with E-state index in [2.05, 4.69) is 31.9 Å². The summed E-state index contributed by atoms with van der Waals surface area (Å²) in [5.41, 5.74) is -2.15. The van der Waals surface area contributed by atoms with E-state index in [0.717, 1.165) is 11.1 Å². The highest BCUT2D eigenvalue weighted by Crippen LogP contribution is 2.72. The molecule has 4 fully saturated rings. The average molecular weight is 881 g/mol. The molecule has 2 aromatic rings. The fraction of sp³-hybridized carbons (Fsp3) is 0.523. The second kappa shape index (κ2) is 16.1. The van der Waals surface area contributed by atoms with E-state index >= 15 is 4.39 Å². The number of aliphatic hydroxyl groups excluding tert-OH is 3. The van der Waals surface area contributed by atoms with Crippen molar-refractivity contribution in [3.63, 3.8) is 0 Å². The van der Waals surface area contributed by atoms with E-state index < -0.39 is 88.7 Å². The normalized spacial score (nSPS) is 34.0. The number of ketones is 2. The van der Waals surface area contributed by atoms with Crippen LogP contribution in [0, 0.1) is 22.7 Å². The van der Waals surface area contributed by atoms with Crippen molar-refractivity contribution in [2.24, 2.45) is 22.7 Å². The van der Waals surface area contributed by atoms with Gasteiger partial charge in [-0.1, -0.05) is 70.9 Å². The average Bonchev–Trinajstić information content (AvgIpc) is 3.71. The molecule has 0 aromatic heterocycles. The molecule has 2 aromatic carbocycles. The maximum atomic E-state index is 17.7. The van der Waals surface area contributed by atoms with E-state index in [1.807, 2.05) is 37.3 Å². The SMILES string of the molecule is C[C@H](NC(=O)CBr)C(=O)N[C@@H](C)C(=O)Nc1cc(Cc2ccc([C@@H]3O[C@@H]4C[C@H]5[C@@H]6CCC7=CC(=O)C=C[C@]7(C)[C@@]6(F)[C@@H](O)C[C@]5(C)[C@]4(C(=O)CO)O3)cc2)ccc1CO. The number of aliphatic hydroxyl groups is 3. The van der Waals surface area contributed by atoms with Gasteiger partial charge in [0.2, 0.25) is 17.7 Å². The monoisotopic (exact) mass is 879 g/mol. The first-order valence-electron chi connectivity index (χ1n) is 20.0. The van der Waals surface area contributed by atoms with Crippen molar-refractivity contribution in [3.8, 4) is 0 Å². The van der Waals surface area contributed by atoms with Gasteiger partial charge >= 0.3 is 0 Å². The first kappa shape index (κ1) is 43.0. The summed E-state index contributed by atoms with van der Waals surface area (Å²) in [6, 6.07) is 10.9. The van der Waals surface area contributed by atoms with Crippen molar-refractivity contribution in [1.82, 2.24) is 10.6 Å². The second-order valence-corrected chi connectivity index (χ2v) is 17.7. The highest BCUT2D eigenvalue weighted by molar-refractivity contribution is 9.09. The molecule has 0 radical (unpaired) electrons. The van der Waals surface area contributed by atoms with Gasteiger partial charge in [0.25, 0.3) is 0 Å². The summed E-state index contributed by atoms with van der Waals surface area (Å²) in [6.07, 6.45) is 2.66. The smallest absolute Gasteiger partial charge is 0.246 e. The van der Waals surface area contributed by atoms with Gasteiger partial charge in [0.15, 0.2) is 29.1 Å². The highest BCUT2D eigenvalue weighted by atomic mass is 79.9. The lowest BCUT2D eigenvalue weighted by molar-refractivity contribution is -0.231. The molecule has 7 rings (SSSR count). The molecule has 316 valence electrons. The van der Waals surface area contributed by atoms with Crippen LogP contribution in [-0.4, -0.2) is 92.1 Å². The number of ether oxygens (including phenoxy) is 2. The lowest BCUT2D eigenvalue weighted by Crippen LogP contribution is -2.69. The number of carbonyl (C=O) groups is 5. The van der Waals surface area contributed by atoms with Crippen molar-refractivity contribution in [1.29, 1.82) is 0 Å². The summed E-state index contributed by atoms with van der Waals surface area (Å²) in [6.45, 7) is 5.45. The van der Waals surface area contributed by atoms with Gasteiger partial charge in [-0.15, -0.1) is 0 Å². The molecule has 0 bridgehead atoms. The molecule has 4 aliphatic carbocycles. The number of nitrogens with one attached hydrogen (secondary N) is 3. The molecule has 0 spiro atoms. The number of rotatable bonds is 12. The summed E-state index contributed by atoms with van der Waals surface area (Å²) in [5.74, 6) is -3.27. The van der Waals surface area contributed by atoms with Gasteiger partial charge in [-0.3, -0.25) is 24.0 Å². The van der Waals surface area contributed by atoms with Gasteiger partial charge in [-0.2, -0.15) is 0 Å². The van der Waals surface area contributed by atoms with Crippen LogP contribution >= 0.6 is 15.9 Å². The zero-order chi connectivity index (χ0) is 42.7. The largest absolute Gasteiger partial charge is 0.392 e. The quantitative estimate of drug-likeness (QED) is 0.171. The van der Waals surface area contributed by atoms with Gasteiger partial charge in [0.1, 0.15) is 18.7 Å². The number of carbonyl (C=O) groups excluding carboxylic acids is 5. The minimum absolute atomic E-state index is 0.0319. The van der Waals surface area contributed by atoms with E-state index in [9.17, 15) is 39.3 Å². The Morgan fingerprint density at radius 2 is 1.68 bits per heavy atom. The lowest BCUT2D eigenvalue weighted by atomic mass is 9.44. The van der Waals surface area contributed by atoms with E-state index in [4.69, 9.17) is 9.47 Å². The van der Waals surface area contributed by atoms with Crippen molar-refractivity contribution in [3.05, 3.63) is 88.5 Å². The Hall–Kier alpha value is -4.12. The van der Waals surface area contributed by atoms with Crippen LogP contribution in [0.5, 0.6) is 0 Å². The van der Waals surface area contributed by atoms with Gasteiger partial charge in [0.05, 0.1) is 24.1 Å². The number of anilines is 1. The third kappa shape index (κ3) is 7.01. The molecule has 1 heterocycles. The number of fused-ring (bicyclic) bond motifs is 7. The standard InChI is InChI=1S/C44H51BrFN3O10/c1-23(47-37(55)20-45)38(56)48-24(2)39(57)49-33-16-26(7-10-28(33)21-50)15-25-5-8-27(9-6-25)40-58-36-18-32-31-12-11-29-17-30(52)13-14-41(29,3)43(31,46)34(53)19-42(32,4)44(36,59-40)35(54)22-51/h5-10,13-14,16-17,23-24,31-32,34,36,40,50-51,53H,11-12,15,18-22H2,1-4H3,(H,47,55)(H,48,56)(H,49,57)/t23-,24-,31-,32-,34-,36+,40+,41-,42-,43-,44+/m0/s1. The van der Waals surface area contributed by atoms with Crippen molar-refractivity contribution < 1.29 is 53.2 Å². The van der Waals surface area contributed by atoms with E-state index in [1.54, 1.807) is 25.1 Å². The second-order valence-electron chi connectivity index (χ2n) is 17.1. The number of benzene rings is 2. The van der Waals surface area contributed by atoms with Crippen LogP contribution in [0.4, 0.5) is 10.1 Å². The number of allylic oxidation sites excluding steroid dienone is 4. The third-order valence-corrected chi connectivity index (χ3v) is 14.4. The van der Waals surface area contributed by atoms with Crippen LogP contribution in [0.25, 0.3) is 0 Å². The Morgan fingerprint density at radius 3 is 2.36 bits per heavy atom. The van der Waals surface area contributed by atoms with Gasteiger partial charge in [-0.05, 0) is 88.1 Å². The molecule has 11 atom stereocenters.